The fraction of sp³-hybridized carbons (Fsp3) is 0.308. The third kappa shape index (κ3) is 2.47. The number of ether oxygens (including phenoxy) is 1. The van der Waals surface area contributed by atoms with Crippen LogP contribution in [0.3, 0.4) is 0 Å². The Labute approximate surface area is 110 Å². The Bertz CT molecular complexity index is 513. The first-order chi connectivity index (χ1) is 8.93. The molecule has 94 valence electrons. The van der Waals surface area contributed by atoms with Gasteiger partial charge >= 0.3 is 0 Å². The highest BCUT2D eigenvalue weighted by atomic mass is 32.1. The van der Waals surface area contributed by atoms with E-state index < -0.39 is 0 Å². The highest BCUT2D eigenvalue weighted by Crippen LogP contribution is 2.30. The van der Waals surface area contributed by atoms with Crippen molar-refractivity contribution >= 4 is 17.0 Å². The number of aromatic nitrogens is 1. The second-order valence-electron chi connectivity index (χ2n) is 4.15. The highest BCUT2D eigenvalue weighted by molar-refractivity contribution is 7.07. The fourth-order valence-electron chi connectivity index (χ4n) is 2.02. The molecule has 0 saturated carbocycles. The second kappa shape index (κ2) is 5.37. The maximum Gasteiger partial charge on any atom is 0.146 e. The smallest absolute Gasteiger partial charge is 0.146 e. The number of hydrogen-bond donors (Lipinski definition) is 2. The van der Waals surface area contributed by atoms with Crippen LogP contribution >= 0.6 is 11.3 Å². The number of benzene rings is 1. The molecule has 0 atom stereocenters. The number of nitrogens with zero attached hydrogens (tertiary/aromatic N) is 1. The standard InChI is InChI=1S/C13H15N3OS/c1-2-10(6-14-7-11-8-18-9-16-11)13-12(3-1)15-4-5-17-13/h1-3,8-9,14-15H,4-7H2. The molecule has 0 radical (unpaired) electrons. The molecule has 0 amide bonds. The predicted octanol–water partition coefficient (Wildman–Crippen LogP) is 2.24. The Balaban J connectivity index is 1.65. The van der Waals surface area contributed by atoms with Crippen molar-refractivity contribution < 1.29 is 4.74 Å². The van der Waals surface area contributed by atoms with Crippen LogP contribution in [-0.4, -0.2) is 18.1 Å². The number of fused-ring (bicyclic) bond motifs is 1. The van der Waals surface area contributed by atoms with Crippen molar-refractivity contribution in [3.05, 3.63) is 40.3 Å². The summed E-state index contributed by atoms with van der Waals surface area (Å²) in [7, 11) is 0. The Hall–Kier alpha value is -1.59. The Kier molecular flexibility index (Phi) is 3.43. The summed E-state index contributed by atoms with van der Waals surface area (Å²) in [6, 6.07) is 6.21. The van der Waals surface area contributed by atoms with Gasteiger partial charge in [-0.15, -0.1) is 11.3 Å². The molecule has 1 aromatic heterocycles. The SMILES string of the molecule is c1cc(CNCc2cscn2)c2c(c1)NCCO2. The molecule has 0 unspecified atom stereocenters. The van der Waals surface area contributed by atoms with Crippen LogP contribution in [0.4, 0.5) is 5.69 Å². The molecular weight excluding hydrogens is 246 g/mol. The number of para-hydroxylation sites is 1. The molecule has 0 fully saturated rings. The molecule has 1 aliphatic heterocycles. The van der Waals surface area contributed by atoms with Gasteiger partial charge in [0, 0.05) is 30.6 Å². The van der Waals surface area contributed by atoms with Crippen molar-refractivity contribution in [2.24, 2.45) is 0 Å². The van der Waals surface area contributed by atoms with Gasteiger partial charge in [-0.2, -0.15) is 0 Å². The van der Waals surface area contributed by atoms with Crippen molar-refractivity contribution in [3.8, 4) is 5.75 Å². The van der Waals surface area contributed by atoms with E-state index in [-0.39, 0.29) is 0 Å². The van der Waals surface area contributed by atoms with Gasteiger partial charge in [0.15, 0.2) is 0 Å². The molecule has 1 aromatic carbocycles. The van der Waals surface area contributed by atoms with Crippen molar-refractivity contribution in [1.29, 1.82) is 0 Å². The van der Waals surface area contributed by atoms with Gasteiger partial charge in [-0.25, -0.2) is 4.98 Å². The highest BCUT2D eigenvalue weighted by Gasteiger charge is 2.13. The normalized spacial score (nSPS) is 13.6. The van der Waals surface area contributed by atoms with Crippen LogP contribution in [0.15, 0.2) is 29.1 Å². The average Bonchev–Trinajstić information content (AvgIpc) is 2.92. The summed E-state index contributed by atoms with van der Waals surface area (Å²) in [6.45, 7) is 3.20. The molecule has 2 N–H and O–H groups in total. The Morgan fingerprint density at radius 1 is 1.39 bits per heavy atom. The van der Waals surface area contributed by atoms with E-state index in [0.717, 1.165) is 43.4 Å². The van der Waals surface area contributed by atoms with E-state index >= 15 is 0 Å². The minimum atomic E-state index is 0.732. The summed E-state index contributed by atoms with van der Waals surface area (Å²) >= 11 is 1.62. The molecule has 0 aliphatic carbocycles. The van der Waals surface area contributed by atoms with Gasteiger partial charge in [-0.1, -0.05) is 12.1 Å². The first kappa shape index (κ1) is 11.5. The first-order valence-electron chi connectivity index (χ1n) is 6.00. The molecule has 0 spiro atoms. The van der Waals surface area contributed by atoms with Gasteiger partial charge in [0.25, 0.3) is 0 Å². The Morgan fingerprint density at radius 3 is 3.28 bits per heavy atom. The minimum absolute atomic E-state index is 0.732. The topological polar surface area (TPSA) is 46.2 Å². The minimum Gasteiger partial charge on any atom is -0.489 e. The van der Waals surface area contributed by atoms with E-state index in [1.807, 2.05) is 5.51 Å². The van der Waals surface area contributed by atoms with Gasteiger partial charge in [-0.05, 0) is 6.07 Å². The quantitative estimate of drug-likeness (QED) is 0.886. The zero-order chi connectivity index (χ0) is 12.2. The molecule has 5 heteroatoms. The van der Waals surface area contributed by atoms with E-state index in [4.69, 9.17) is 4.74 Å². The van der Waals surface area contributed by atoms with Gasteiger partial charge < -0.3 is 15.4 Å². The zero-order valence-corrected chi connectivity index (χ0v) is 10.8. The summed E-state index contributed by atoms with van der Waals surface area (Å²) in [4.78, 5) is 4.25. The monoisotopic (exact) mass is 261 g/mol. The molecule has 2 heterocycles. The van der Waals surface area contributed by atoms with Crippen molar-refractivity contribution in [2.75, 3.05) is 18.5 Å². The van der Waals surface area contributed by atoms with E-state index in [9.17, 15) is 0 Å². The maximum atomic E-state index is 5.73. The van der Waals surface area contributed by atoms with Crippen molar-refractivity contribution in [1.82, 2.24) is 10.3 Å². The van der Waals surface area contributed by atoms with Gasteiger partial charge in [0.1, 0.15) is 12.4 Å². The number of rotatable bonds is 4. The van der Waals surface area contributed by atoms with Crippen LogP contribution < -0.4 is 15.4 Å². The summed E-state index contributed by atoms with van der Waals surface area (Å²) in [5.74, 6) is 0.981. The number of nitrogens with one attached hydrogen (secondary N) is 2. The summed E-state index contributed by atoms with van der Waals surface area (Å²) < 4.78 is 5.73. The fourth-order valence-corrected chi connectivity index (χ4v) is 2.58. The van der Waals surface area contributed by atoms with Crippen LogP contribution in [0.25, 0.3) is 0 Å². The molecule has 3 rings (SSSR count). The third-order valence-corrected chi connectivity index (χ3v) is 3.50. The van der Waals surface area contributed by atoms with Gasteiger partial charge in [0.2, 0.25) is 0 Å². The van der Waals surface area contributed by atoms with Crippen LogP contribution in [0.1, 0.15) is 11.3 Å². The lowest BCUT2D eigenvalue weighted by Gasteiger charge is -2.21. The van der Waals surface area contributed by atoms with Gasteiger partial charge in [0.05, 0.1) is 16.9 Å². The van der Waals surface area contributed by atoms with E-state index in [1.165, 1.54) is 5.56 Å². The van der Waals surface area contributed by atoms with Crippen LogP contribution in [0.2, 0.25) is 0 Å². The Morgan fingerprint density at radius 2 is 2.39 bits per heavy atom. The largest absolute Gasteiger partial charge is 0.489 e. The number of thiazole rings is 1. The van der Waals surface area contributed by atoms with E-state index in [0.29, 0.717) is 0 Å². The molecule has 0 bridgehead atoms. The molecule has 18 heavy (non-hydrogen) atoms. The first-order valence-corrected chi connectivity index (χ1v) is 6.94. The summed E-state index contributed by atoms with van der Waals surface area (Å²) in [6.07, 6.45) is 0. The lowest BCUT2D eigenvalue weighted by atomic mass is 10.1. The lowest BCUT2D eigenvalue weighted by molar-refractivity contribution is 0.319. The van der Waals surface area contributed by atoms with Crippen molar-refractivity contribution in [2.45, 2.75) is 13.1 Å². The van der Waals surface area contributed by atoms with Crippen LogP contribution in [0, 0.1) is 0 Å². The van der Waals surface area contributed by atoms with Crippen LogP contribution in [0.5, 0.6) is 5.75 Å². The summed E-state index contributed by atoms with van der Waals surface area (Å²) in [5.41, 5.74) is 5.22. The van der Waals surface area contributed by atoms with Crippen molar-refractivity contribution in [3.63, 3.8) is 0 Å². The third-order valence-electron chi connectivity index (χ3n) is 2.87. The average molecular weight is 261 g/mol. The number of hydrogen-bond acceptors (Lipinski definition) is 5. The zero-order valence-electron chi connectivity index (χ0n) is 9.98. The van der Waals surface area contributed by atoms with E-state index in [2.05, 4.69) is 39.2 Å². The molecule has 2 aromatic rings. The molecule has 1 aliphatic rings. The second-order valence-corrected chi connectivity index (χ2v) is 4.87. The molecule has 0 saturated heterocycles. The summed E-state index contributed by atoms with van der Waals surface area (Å²) in [5, 5.41) is 8.80. The van der Waals surface area contributed by atoms with E-state index in [1.54, 1.807) is 11.3 Å². The van der Waals surface area contributed by atoms with Gasteiger partial charge in [-0.3, -0.25) is 0 Å². The molecule has 4 nitrogen and oxygen atoms in total. The maximum absolute atomic E-state index is 5.73. The predicted molar refractivity (Wildman–Crippen MR) is 73.1 cm³/mol. The number of anilines is 1. The molecular formula is C13H15N3OS. The lowest BCUT2D eigenvalue weighted by Crippen LogP contribution is -2.21. The van der Waals surface area contributed by atoms with Crippen LogP contribution in [-0.2, 0) is 13.1 Å².